The number of nitrogens with zero attached hydrogens (tertiary/aromatic N) is 3. The van der Waals surface area contributed by atoms with Crippen molar-refractivity contribution >= 4 is 27.5 Å². The molecule has 0 aliphatic rings. The van der Waals surface area contributed by atoms with Gasteiger partial charge in [-0.25, -0.2) is 4.98 Å². The smallest absolute Gasteiger partial charge is 0.197 e. The van der Waals surface area contributed by atoms with Gasteiger partial charge in [0.25, 0.3) is 0 Å². The molecule has 3 N–H and O–H groups in total. The van der Waals surface area contributed by atoms with Crippen LogP contribution < -0.4 is 5.73 Å². The van der Waals surface area contributed by atoms with E-state index in [4.69, 9.17) is 5.73 Å². The molecular formula is C12H13N5OS. The maximum Gasteiger partial charge on any atom is 0.197 e. The number of nitrogens with one attached hydrogen (secondary N) is 1. The van der Waals surface area contributed by atoms with E-state index in [2.05, 4.69) is 15.1 Å². The summed E-state index contributed by atoms with van der Waals surface area (Å²) >= 11 is 0. The SMILES string of the molecule is Cn1cc(CS(=O)c2nc3ccc(N)cc3[nH]2)cn1. The van der Waals surface area contributed by atoms with Gasteiger partial charge in [-0.3, -0.25) is 8.89 Å². The van der Waals surface area contributed by atoms with Crippen molar-refractivity contribution in [3.05, 3.63) is 36.2 Å². The Labute approximate surface area is 112 Å². The molecule has 1 aromatic carbocycles. The minimum Gasteiger partial charge on any atom is -0.399 e. The minimum atomic E-state index is -1.22. The van der Waals surface area contributed by atoms with Crippen LogP contribution in [0.5, 0.6) is 0 Å². The zero-order chi connectivity index (χ0) is 13.4. The molecule has 0 aliphatic heterocycles. The summed E-state index contributed by atoms with van der Waals surface area (Å²) < 4.78 is 13.9. The quantitative estimate of drug-likeness (QED) is 0.702. The van der Waals surface area contributed by atoms with Gasteiger partial charge >= 0.3 is 0 Å². The lowest BCUT2D eigenvalue weighted by Crippen LogP contribution is -1.97. The van der Waals surface area contributed by atoms with E-state index in [-0.39, 0.29) is 0 Å². The molecule has 1 atom stereocenters. The van der Waals surface area contributed by atoms with Crippen molar-refractivity contribution in [1.29, 1.82) is 0 Å². The van der Waals surface area contributed by atoms with Crippen molar-refractivity contribution < 1.29 is 4.21 Å². The Morgan fingerprint density at radius 1 is 1.47 bits per heavy atom. The summed E-state index contributed by atoms with van der Waals surface area (Å²) in [6, 6.07) is 5.37. The third-order valence-electron chi connectivity index (χ3n) is 2.76. The maximum absolute atomic E-state index is 12.2. The van der Waals surface area contributed by atoms with Crippen molar-refractivity contribution in [3.63, 3.8) is 0 Å². The van der Waals surface area contributed by atoms with Crippen molar-refractivity contribution in [2.45, 2.75) is 10.9 Å². The van der Waals surface area contributed by atoms with Crippen LogP contribution in [0.15, 0.2) is 35.7 Å². The van der Waals surface area contributed by atoms with Gasteiger partial charge in [0.1, 0.15) is 0 Å². The zero-order valence-electron chi connectivity index (χ0n) is 10.3. The summed E-state index contributed by atoms with van der Waals surface area (Å²) in [5.41, 5.74) is 8.84. The van der Waals surface area contributed by atoms with E-state index in [9.17, 15) is 4.21 Å². The van der Waals surface area contributed by atoms with Gasteiger partial charge in [-0.2, -0.15) is 5.10 Å². The van der Waals surface area contributed by atoms with Crippen molar-refractivity contribution in [1.82, 2.24) is 19.7 Å². The first-order valence-electron chi connectivity index (χ1n) is 5.73. The van der Waals surface area contributed by atoms with Gasteiger partial charge in [-0.15, -0.1) is 0 Å². The molecule has 2 aromatic heterocycles. The molecule has 0 aliphatic carbocycles. The summed E-state index contributed by atoms with van der Waals surface area (Å²) in [6.07, 6.45) is 3.55. The Hall–Kier alpha value is -2.15. The molecule has 0 fully saturated rings. The fourth-order valence-corrected chi connectivity index (χ4v) is 2.89. The molecule has 6 nitrogen and oxygen atoms in total. The van der Waals surface area contributed by atoms with Crippen LogP contribution in [-0.4, -0.2) is 24.0 Å². The second kappa shape index (κ2) is 4.51. The number of aromatic nitrogens is 4. The third kappa shape index (κ3) is 2.37. The maximum atomic E-state index is 12.2. The van der Waals surface area contributed by atoms with Crippen LogP contribution >= 0.6 is 0 Å². The highest BCUT2D eigenvalue weighted by atomic mass is 32.2. The number of imidazole rings is 1. The molecule has 0 spiro atoms. The van der Waals surface area contributed by atoms with Gasteiger partial charge in [-0.1, -0.05) is 0 Å². The number of anilines is 1. The molecule has 98 valence electrons. The van der Waals surface area contributed by atoms with Crippen LogP contribution in [0.4, 0.5) is 5.69 Å². The van der Waals surface area contributed by atoms with E-state index in [1.807, 2.05) is 19.3 Å². The van der Waals surface area contributed by atoms with E-state index in [0.29, 0.717) is 16.6 Å². The Balaban J connectivity index is 1.89. The van der Waals surface area contributed by atoms with Crippen molar-refractivity contribution in [3.8, 4) is 0 Å². The number of nitrogens with two attached hydrogens (primary N) is 1. The number of rotatable bonds is 3. The van der Waals surface area contributed by atoms with E-state index >= 15 is 0 Å². The largest absolute Gasteiger partial charge is 0.399 e. The molecule has 0 saturated heterocycles. The summed E-state index contributed by atoms with van der Waals surface area (Å²) in [7, 11) is 0.609. The summed E-state index contributed by atoms with van der Waals surface area (Å²) in [5.74, 6) is 0.392. The number of hydrogen-bond donors (Lipinski definition) is 2. The molecule has 0 amide bonds. The molecule has 0 bridgehead atoms. The number of aryl methyl sites for hydroxylation is 1. The first kappa shape index (κ1) is 11.9. The Morgan fingerprint density at radius 2 is 2.32 bits per heavy atom. The molecule has 2 heterocycles. The fourth-order valence-electron chi connectivity index (χ4n) is 1.88. The summed E-state index contributed by atoms with van der Waals surface area (Å²) in [5, 5.41) is 4.52. The second-order valence-corrected chi connectivity index (χ2v) is 5.70. The normalized spacial score (nSPS) is 12.9. The first-order chi connectivity index (χ1) is 9.11. The number of fused-ring (bicyclic) bond motifs is 1. The lowest BCUT2D eigenvalue weighted by Gasteiger charge is -1.94. The standard InChI is InChI=1S/C12H13N5OS/c1-17-6-8(5-14-17)7-19(18)12-15-10-3-2-9(13)4-11(10)16-12/h2-6H,7,13H2,1H3,(H,15,16). The zero-order valence-corrected chi connectivity index (χ0v) is 11.1. The van der Waals surface area contributed by atoms with Gasteiger partial charge in [0.15, 0.2) is 5.16 Å². The van der Waals surface area contributed by atoms with E-state index < -0.39 is 10.8 Å². The molecular weight excluding hydrogens is 262 g/mol. The number of benzene rings is 1. The van der Waals surface area contributed by atoms with E-state index in [1.54, 1.807) is 23.0 Å². The van der Waals surface area contributed by atoms with Gasteiger partial charge < -0.3 is 10.7 Å². The molecule has 3 aromatic rings. The van der Waals surface area contributed by atoms with Crippen LogP contribution in [0.3, 0.4) is 0 Å². The lowest BCUT2D eigenvalue weighted by molar-refractivity contribution is 0.677. The van der Waals surface area contributed by atoms with Crippen molar-refractivity contribution in [2.75, 3.05) is 5.73 Å². The molecule has 3 rings (SSSR count). The molecule has 7 heteroatoms. The minimum absolute atomic E-state index is 0.392. The van der Waals surface area contributed by atoms with Crippen molar-refractivity contribution in [2.24, 2.45) is 7.05 Å². The molecule has 0 radical (unpaired) electrons. The number of hydrogen-bond acceptors (Lipinski definition) is 4. The number of aromatic amines is 1. The van der Waals surface area contributed by atoms with E-state index in [0.717, 1.165) is 16.6 Å². The highest BCUT2D eigenvalue weighted by molar-refractivity contribution is 7.84. The van der Waals surface area contributed by atoms with Crippen LogP contribution in [0.2, 0.25) is 0 Å². The Morgan fingerprint density at radius 3 is 3.05 bits per heavy atom. The highest BCUT2D eigenvalue weighted by Gasteiger charge is 2.11. The number of H-pyrrole nitrogens is 1. The van der Waals surface area contributed by atoms with Gasteiger partial charge in [0, 0.05) is 24.5 Å². The second-order valence-electron chi connectivity index (χ2n) is 4.33. The molecule has 0 saturated carbocycles. The average molecular weight is 275 g/mol. The predicted molar refractivity (Wildman–Crippen MR) is 73.8 cm³/mol. The monoisotopic (exact) mass is 275 g/mol. The average Bonchev–Trinajstić information content (AvgIpc) is 2.95. The van der Waals surface area contributed by atoms with Crippen LogP contribution in [-0.2, 0) is 23.6 Å². The fraction of sp³-hybridized carbons (Fsp3) is 0.167. The Kier molecular flexibility index (Phi) is 2.83. The molecule has 1 unspecified atom stereocenters. The summed E-state index contributed by atoms with van der Waals surface area (Å²) in [4.78, 5) is 7.36. The third-order valence-corrected chi connectivity index (χ3v) is 3.98. The predicted octanol–water partition coefficient (Wildman–Crippen LogP) is 1.19. The van der Waals surface area contributed by atoms with Gasteiger partial charge in [0.05, 0.1) is 33.8 Å². The highest BCUT2D eigenvalue weighted by Crippen LogP contribution is 2.17. The first-order valence-corrected chi connectivity index (χ1v) is 7.05. The van der Waals surface area contributed by atoms with Gasteiger partial charge in [-0.05, 0) is 18.2 Å². The molecule has 19 heavy (non-hydrogen) atoms. The topological polar surface area (TPSA) is 89.6 Å². The number of nitrogen functional groups attached to an aromatic ring is 1. The lowest BCUT2D eigenvalue weighted by atomic mass is 10.3. The van der Waals surface area contributed by atoms with Crippen LogP contribution in [0, 0.1) is 0 Å². The van der Waals surface area contributed by atoms with E-state index in [1.165, 1.54) is 0 Å². The van der Waals surface area contributed by atoms with Gasteiger partial charge in [0.2, 0.25) is 0 Å². The van der Waals surface area contributed by atoms with Crippen LogP contribution in [0.1, 0.15) is 5.56 Å². The van der Waals surface area contributed by atoms with Crippen LogP contribution in [0.25, 0.3) is 11.0 Å². The summed E-state index contributed by atoms with van der Waals surface area (Å²) in [6.45, 7) is 0. The Bertz CT molecular complexity index is 760.